The van der Waals surface area contributed by atoms with Gasteiger partial charge in [0.25, 0.3) is 5.91 Å². The van der Waals surface area contributed by atoms with E-state index in [4.69, 9.17) is 0 Å². The van der Waals surface area contributed by atoms with Gasteiger partial charge in [0.1, 0.15) is 6.04 Å². The van der Waals surface area contributed by atoms with Gasteiger partial charge in [0.2, 0.25) is 5.91 Å². The normalized spacial score (nSPS) is 18.5. The summed E-state index contributed by atoms with van der Waals surface area (Å²) in [6, 6.07) is 16.0. The Kier molecular flexibility index (Phi) is 5.33. The van der Waals surface area contributed by atoms with Gasteiger partial charge in [-0.2, -0.15) is 0 Å². The van der Waals surface area contributed by atoms with Crippen molar-refractivity contribution in [1.82, 2.24) is 5.32 Å². The van der Waals surface area contributed by atoms with E-state index in [1.165, 1.54) is 5.56 Å². The molecule has 2 aliphatic heterocycles. The number of carbonyl (C=O) groups is 2. The van der Waals surface area contributed by atoms with E-state index in [0.29, 0.717) is 12.1 Å². The van der Waals surface area contributed by atoms with Gasteiger partial charge >= 0.3 is 0 Å². The van der Waals surface area contributed by atoms with Gasteiger partial charge in [0, 0.05) is 25.7 Å². The Morgan fingerprint density at radius 3 is 2.75 bits per heavy atom. The van der Waals surface area contributed by atoms with Crippen LogP contribution in [-0.4, -0.2) is 38.0 Å². The summed E-state index contributed by atoms with van der Waals surface area (Å²) in [5, 5.41) is 3.00. The van der Waals surface area contributed by atoms with Crippen LogP contribution in [0.25, 0.3) is 0 Å². The number of aryl methyl sites for hydroxylation is 1. The second-order valence-electron chi connectivity index (χ2n) is 7.65. The predicted molar refractivity (Wildman–Crippen MR) is 112 cm³/mol. The molecule has 5 heteroatoms. The Balaban J connectivity index is 1.42. The van der Waals surface area contributed by atoms with E-state index >= 15 is 0 Å². The minimum absolute atomic E-state index is 0.0519. The minimum atomic E-state index is -0.0857. The topological polar surface area (TPSA) is 52.7 Å². The van der Waals surface area contributed by atoms with Crippen LogP contribution < -0.4 is 15.1 Å². The molecule has 4 rings (SSSR count). The smallest absolute Gasteiger partial charge is 0.251 e. The van der Waals surface area contributed by atoms with Crippen LogP contribution >= 0.6 is 0 Å². The van der Waals surface area contributed by atoms with Crippen LogP contribution in [0, 0.1) is 0 Å². The lowest BCUT2D eigenvalue weighted by Gasteiger charge is -2.44. The molecule has 2 amide bonds. The lowest BCUT2D eigenvalue weighted by Crippen LogP contribution is -2.54. The third kappa shape index (κ3) is 3.61. The number of rotatable bonds is 5. The first-order chi connectivity index (χ1) is 13.6. The third-order valence-corrected chi connectivity index (χ3v) is 5.80. The molecule has 1 N–H and O–H groups in total. The molecule has 2 heterocycles. The average Bonchev–Trinajstić information content (AvgIpc) is 2.75. The maximum atomic E-state index is 12.7. The minimum Gasteiger partial charge on any atom is -0.358 e. The van der Waals surface area contributed by atoms with Crippen LogP contribution in [0.1, 0.15) is 41.6 Å². The maximum Gasteiger partial charge on any atom is 0.251 e. The number of anilines is 2. The van der Waals surface area contributed by atoms with Crippen LogP contribution in [-0.2, 0) is 11.2 Å². The molecule has 1 fully saturated rings. The van der Waals surface area contributed by atoms with Crippen molar-refractivity contribution in [3.8, 4) is 0 Å². The Hall–Kier alpha value is -2.82. The number of nitrogens with one attached hydrogen (secondary N) is 1. The highest BCUT2D eigenvalue weighted by Crippen LogP contribution is 2.39. The van der Waals surface area contributed by atoms with E-state index < -0.39 is 0 Å². The Bertz CT molecular complexity index is 865. The SMILES string of the molecule is CN1C(=O)C2CCCCN2c2ccc(C(=O)NCCCc3ccccc3)cc21. The zero-order chi connectivity index (χ0) is 19.5. The van der Waals surface area contributed by atoms with Gasteiger partial charge in [0.05, 0.1) is 11.4 Å². The van der Waals surface area contributed by atoms with Crippen LogP contribution in [0.4, 0.5) is 11.4 Å². The molecule has 0 spiro atoms. The standard InChI is InChI=1S/C23H27N3O2/c1-25-21-16-18(22(27)24-14-7-10-17-8-3-2-4-9-17)12-13-19(21)26-15-6-5-11-20(26)23(25)28/h2-4,8-9,12-13,16,20H,5-7,10-11,14-15H2,1H3,(H,24,27). The van der Waals surface area contributed by atoms with Gasteiger partial charge < -0.3 is 15.1 Å². The lowest BCUT2D eigenvalue weighted by molar-refractivity contribution is -0.120. The Labute approximate surface area is 166 Å². The fourth-order valence-corrected chi connectivity index (χ4v) is 4.24. The summed E-state index contributed by atoms with van der Waals surface area (Å²) in [4.78, 5) is 29.2. The quantitative estimate of drug-likeness (QED) is 0.813. The first-order valence-electron chi connectivity index (χ1n) is 10.2. The van der Waals surface area contributed by atoms with Gasteiger partial charge in [-0.3, -0.25) is 9.59 Å². The maximum absolute atomic E-state index is 12.7. The molecular formula is C23H27N3O2. The zero-order valence-corrected chi connectivity index (χ0v) is 16.4. The third-order valence-electron chi connectivity index (χ3n) is 5.80. The number of fused-ring (bicyclic) bond motifs is 3. The van der Waals surface area contributed by atoms with Crippen molar-refractivity contribution >= 4 is 23.2 Å². The van der Waals surface area contributed by atoms with E-state index in [0.717, 1.165) is 50.0 Å². The van der Waals surface area contributed by atoms with Gasteiger partial charge in [-0.05, 0) is 55.9 Å². The summed E-state index contributed by atoms with van der Waals surface area (Å²) in [5.41, 5.74) is 3.78. The largest absolute Gasteiger partial charge is 0.358 e. The molecule has 0 aliphatic carbocycles. The number of amides is 2. The molecule has 0 radical (unpaired) electrons. The Morgan fingerprint density at radius 2 is 1.93 bits per heavy atom. The molecule has 146 valence electrons. The van der Waals surface area contributed by atoms with Crippen molar-refractivity contribution in [1.29, 1.82) is 0 Å². The van der Waals surface area contributed by atoms with E-state index in [2.05, 4.69) is 22.3 Å². The van der Waals surface area contributed by atoms with Gasteiger partial charge in [-0.15, -0.1) is 0 Å². The van der Waals surface area contributed by atoms with Crippen LogP contribution in [0.2, 0.25) is 0 Å². The van der Waals surface area contributed by atoms with Crippen molar-refractivity contribution in [3.63, 3.8) is 0 Å². The molecule has 1 atom stereocenters. The molecular weight excluding hydrogens is 350 g/mol. The number of piperidine rings is 1. The molecule has 0 saturated carbocycles. The van der Waals surface area contributed by atoms with Crippen LogP contribution in [0.5, 0.6) is 0 Å². The van der Waals surface area contributed by atoms with Crippen LogP contribution in [0.15, 0.2) is 48.5 Å². The van der Waals surface area contributed by atoms with E-state index in [-0.39, 0.29) is 17.9 Å². The Morgan fingerprint density at radius 1 is 1.11 bits per heavy atom. The molecule has 2 aromatic carbocycles. The average molecular weight is 377 g/mol. The number of likely N-dealkylation sites (N-methyl/N-ethyl adjacent to an activating group) is 1. The van der Waals surface area contributed by atoms with E-state index in [9.17, 15) is 9.59 Å². The van der Waals surface area contributed by atoms with Crippen molar-refractivity contribution in [3.05, 3.63) is 59.7 Å². The molecule has 2 aromatic rings. The highest BCUT2D eigenvalue weighted by atomic mass is 16.2. The fraction of sp³-hybridized carbons (Fsp3) is 0.391. The molecule has 1 unspecified atom stereocenters. The highest BCUT2D eigenvalue weighted by Gasteiger charge is 2.37. The highest BCUT2D eigenvalue weighted by molar-refractivity contribution is 6.07. The van der Waals surface area contributed by atoms with Gasteiger partial charge in [-0.1, -0.05) is 30.3 Å². The molecule has 5 nitrogen and oxygen atoms in total. The van der Waals surface area contributed by atoms with Crippen LogP contribution in [0.3, 0.4) is 0 Å². The number of nitrogens with zero attached hydrogens (tertiary/aromatic N) is 2. The van der Waals surface area contributed by atoms with Gasteiger partial charge in [-0.25, -0.2) is 0 Å². The summed E-state index contributed by atoms with van der Waals surface area (Å²) in [7, 11) is 1.81. The van der Waals surface area contributed by atoms with Gasteiger partial charge in [0.15, 0.2) is 0 Å². The van der Waals surface area contributed by atoms with E-state index in [1.54, 1.807) is 4.90 Å². The second-order valence-corrected chi connectivity index (χ2v) is 7.65. The summed E-state index contributed by atoms with van der Waals surface area (Å²) in [6.07, 6.45) is 4.95. The molecule has 2 aliphatic rings. The van der Waals surface area contributed by atoms with E-state index in [1.807, 2.05) is 43.4 Å². The summed E-state index contributed by atoms with van der Waals surface area (Å²) < 4.78 is 0. The molecule has 28 heavy (non-hydrogen) atoms. The first-order valence-corrected chi connectivity index (χ1v) is 10.2. The molecule has 0 bridgehead atoms. The van der Waals surface area contributed by atoms with Crippen molar-refractivity contribution in [2.75, 3.05) is 29.9 Å². The molecule has 1 saturated heterocycles. The summed E-state index contributed by atoms with van der Waals surface area (Å²) >= 11 is 0. The number of benzene rings is 2. The van der Waals surface area contributed by atoms with Crippen molar-refractivity contribution in [2.45, 2.75) is 38.1 Å². The van der Waals surface area contributed by atoms with Crippen molar-refractivity contribution < 1.29 is 9.59 Å². The zero-order valence-electron chi connectivity index (χ0n) is 16.4. The monoisotopic (exact) mass is 377 g/mol. The number of hydrogen-bond donors (Lipinski definition) is 1. The molecule has 0 aromatic heterocycles. The first kappa shape index (κ1) is 18.5. The summed E-state index contributed by atoms with van der Waals surface area (Å²) in [6.45, 7) is 1.54. The summed E-state index contributed by atoms with van der Waals surface area (Å²) in [5.74, 6) is 0.0464. The predicted octanol–water partition coefficient (Wildman–Crippen LogP) is 3.38. The number of hydrogen-bond acceptors (Lipinski definition) is 3. The number of carbonyl (C=O) groups excluding carboxylic acids is 2. The fourth-order valence-electron chi connectivity index (χ4n) is 4.24. The lowest BCUT2D eigenvalue weighted by atomic mass is 9.96. The second kappa shape index (κ2) is 8.05. The van der Waals surface area contributed by atoms with Crippen molar-refractivity contribution in [2.24, 2.45) is 0 Å².